The van der Waals surface area contributed by atoms with Gasteiger partial charge in [-0.2, -0.15) is 0 Å². The van der Waals surface area contributed by atoms with E-state index < -0.39 is 5.82 Å². The second-order valence-corrected chi connectivity index (χ2v) is 7.28. The van der Waals surface area contributed by atoms with Gasteiger partial charge in [0.05, 0.1) is 6.20 Å². The summed E-state index contributed by atoms with van der Waals surface area (Å²) in [7, 11) is 0. The third kappa shape index (κ3) is 4.97. The maximum Gasteiger partial charge on any atom is 0.267 e. The minimum absolute atomic E-state index is 0.0774. The van der Waals surface area contributed by atoms with Crippen molar-refractivity contribution >= 4 is 5.91 Å². The Labute approximate surface area is 172 Å². The molecule has 1 aromatic carbocycles. The summed E-state index contributed by atoms with van der Waals surface area (Å²) in [5.74, 6) is 0.922. The predicted octanol–water partition coefficient (Wildman–Crippen LogP) is 3.13. The molecule has 1 saturated carbocycles. The molecule has 0 radical (unpaired) electrons. The molecule has 8 nitrogen and oxygen atoms in total. The van der Waals surface area contributed by atoms with E-state index in [9.17, 15) is 9.18 Å². The van der Waals surface area contributed by atoms with Crippen LogP contribution in [0.2, 0.25) is 0 Å². The fraction of sp³-hybridized carbons (Fsp3) is 0.381. The molecule has 1 N–H and O–H groups in total. The molecule has 1 aliphatic rings. The van der Waals surface area contributed by atoms with Crippen LogP contribution < -0.4 is 10.1 Å². The number of benzene rings is 1. The number of ether oxygens (including phenoxy) is 1. The van der Waals surface area contributed by atoms with Crippen molar-refractivity contribution in [3.8, 4) is 17.3 Å². The fourth-order valence-electron chi connectivity index (χ4n) is 3.54. The van der Waals surface area contributed by atoms with E-state index in [-0.39, 0.29) is 24.2 Å². The molecule has 0 aliphatic heterocycles. The molecule has 9 heteroatoms. The second-order valence-electron chi connectivity index (χ2n) is 7.28. The molecule has 2 heterocycles. The molecule has 4 rings (SSSR count). The molecule has 0 saturated heterocycles. The molecule has 0 spiro atoms. The molecule has 0 atom stereocenters. The topological polar surface area (TPSA) is 103 Å². The Kier molecular flexibility index (Phi) is 6.26. The lowest BCUT2D eigenvalue weighted by Gasteiger charge is -2.26. The van der Waals surface area contributed by atoms with Crippen molar-refractivity contribution in [1.82, 2.24) is 25.5 Å². The number of hydrogen-bond donors (Lipinski definition) is 1. The molecule has 156 valence electrons. The van der Waals surface area contributed by atoms with Crippen molar-refractivity contribution in [3.63, 3.8) is 0 Å². The standard InChI is InChI=1S/C21H22FN5O3/c22-16-3-1-2-4-18(16)29-13-19(28)25-11-14-5-7-15(8-6-14)20-26-27-21(30-20)17-12-23-9-10-24-17/h1-4,9-10,12,14-15H,5-8,11,13H2,(H,25,28). The maximum atomic E-state index is 13.5. The van der Waals surface area contributed by atoms with E-state index in [1.165, 1.54) is 12.1 Å². The van der Waals surface area contributed by atoms with Gasteiger partial charge in [-0.05, 0) is 43.7 Å². The van der Waals surface area contributed by atoms with Crippen LogP contribution in [0.25, 0.3) is 11.6 Å². The van der Waals surface area contributed by atoms with Crippen molar-refractivity contribution in [2.45, 2.75) is 31.6 Å². The van der Waals surface area contributed by atoms with E-state index in [4.69, 9.17) is 9.15 Å². The van der Waals surface area contributed by atoms with Gasteiger partial charge in [-0.1, -0.05) is 12.1 Å². The Hall–Kier alpha value is -3.36. The van der Waals surface area contributed by atoms with Crippen LogP contribution in [0.3, 0.4) is 0 Å². The largest absolute Gasteiger partial charge is 0.481 e. The van der Waals surface area contributed by atoms with E-state index in [0.29, 0.717) is 29.9 Å². The summed E-state index contributed by atoms with van der Waals surface area (Å²) in [6.07, 6.45) is 8.48. The lowest BCUT2D eigenvalue weighted by molar-refractivity contribution is -0.123. The number of rotatable bonds is 7. The number of halogens is 1. The number of aromatic nitrogens is 4. The van der Waals surface area contributed by atoms with Crippen molar-refractivity contribution in [1.29, 1.82) is 0 Å². The fourth-order valence-corrected chi connectivity index (χ4v) is 3.54. The highest BCUT2D eigenvalue weighted by Gasteiger charge is 2.27. The number of para-hydroxylation sites is 1. The molecule has 3 aromatic rings. The summed E-state index contributed by atoms with van der Waals surface area (Å²) < 4.78 is 24.5. The average molecular weight is 411 g/mol. The van der Waals surface area contributed by atoms with E-state index in [0.717, 1.165) is 25.7 Å². The van der Waals surface area contributed by atoms with E-state index in [1.54, 1.807) is 30.7 Å². The number of carbonyl (C=O) groups excluding carboxylic acids is 1. The third-order valence-corrected chi connectivity index (χ3v) is 5.20. The normalized spacial score (nSPS) is 18.7. The zero-order valence-corrected chi connectivity index (χ0v) is 16.3. The third-order valence-electron chi connectivity index (χ3n) is 5.20. The van der Waals surface area contributed by atoms with Gasteiger partial charge in [0.1, 0.15) is 5.69 Å². The molecular formula is C21H22FN5O3. The highest BCUT2D eigenvalue weighted by atomic mass is 19.1. The highest BCUT2D eigenvalue weighted by molar-refractivity contribution is 5.77. The van der Waals surface area contributed by atoms with Crippen molar-refractivity contribution in [2.75, 3.05) is 13.2 Å². The van der Waals surface area contributed by atoms with Gasteiger partial charge in [-0.25, -0.2) is 9.37 Å². The van der Waals surface area contributed by atoms with Gasteiger partial charge in [0.2, 0.25) is 5.89 Å². The molecule has 1 amide bonds. The summed E-state index contributed by atoms with van der Waals surface area (Å²) in [6, 6.07) is 6.03. The summed E-state index contributed by atoms with van der Waals surface area (Å²) in [5, 5.41) is 11.1. The molecular weight excluding hydrogens is 389 g/mol. The van der Waals surface area contributed by atoms with Crippen LogP contribution in [-0.2, 0) is 4.79 Å². The summed E-state index contributed by atoms with van der Waals surface area (Å²) in [6.45, 7) is 0.365. The first-order chi connectivity index (χ1) is 14.7. The first-order valence-corrected chi connectivity index (χ1v) is 9.93. The minimum Gasteiger partial charge on any atom is -0.481 e. The molecule has 1 aliphatic carbocycles. The van der Waals surface area contributed by atoms with Gasteiger partial charge in [0, 0.05) is 24.9 Å². The van der Waals surface area contributed by atoms with Crippen LogP contribution in [-0.4, -0.2) is 39.2 Å². The summed E-state index contributed by atoms with van der Waals surface area (Å²) >= 11 is 0. The minimum atomic E-state index is -0.480. The quantitative estimate of drug-likeness (QED) is 0.637. The number of hydrogen-bond acceptors (Lipinski definition) is 7. The lowest BCUT2D eigenvalue weighted by atomic mass is 9.82. The van der Waals surface area contributed by atoms with Gasteiger partial charge >= 0.3 is 0 Å². The number of carbonyl (C=O) groups is 1. The maximum absolute atomic E-state index is 13.5. The first-order valence-electron chi connectivity index (χ1n) is 9.93. The van der Waals surface area contributed by atoms with Crippen LogP contribution in [0.5, 0.6) is 5.75 Å². The second kappa shape index (κ2) is 9.43. The van der Waals surface area contributed by atoms with Crippen LogP contribution in [0.4, 0.5) is 4.39 Å². The van der Waals surface area contributed by atoms with Gasteiger partial charge < -0.3 is 14.5 Å². The number of nitrogens with one attached hydrogen (secondary N) is 1. The number of amides is 1. The zero-order chi connectivity index (χ0) is 20.8. The first kappa shape index (κ1) is 19.9. The highest BCUT2D eigenvalue weighted by Crippen LogP contribution is 2.35. The van der Waals surface area contributed by atoms with E-state index in [1.807, 2.05) is 0 Å². The van der Waals surface area contributed by atoms with Gasteiger partial charge in [0.15, 0.2) is 18.2 Å². The lowest BCUT2D eigenvalue weighted by Crippen LogP contribution is -2.34. The molecule has 2 aromatic heterocycles. The Morgan fingerprint density at radius 1 is 1.17 bits per heavy atom. The van der Waals surface area contributed by atoms with Crippen LogP contribution in [0, 0.1) is 11.7 Å². The SMILES string of the molecule is O=C(COc1ccccc1F)NCC1CCC(c2nnc(-c3cnccn3)o2)CC1. The van der Waals surface area contributed by atoms with Crippen molar-refractivity contribution in [2.24, 2.45) is 5.92 Å². The predicted molar refractivity (Wildman–Crippen MR) is 105 cm³/mol. The van der Waals surface area contributed by atoms with Crippen LogP contribution in [0.15, 0.2) is 47.3 Å². The molecule has 0 unspecified atom stereocenters. The van der Waals surface area contributed by atoms with Crippen molar-refractivity contribution in [3.05, 3.63) is 54.6 Å². The summed E-state index contributed by atoms with van der Waals surface area (Å²) in [5.41, 5.74) is 0.560. The average Bonchev–Trinajstić information content (AvgIpc) is 3.28. The van der Waals surface area contributed by atoms with E-state index >= 15 is 0 Å². The zero-order valence-electron chi connectivity index (χ0n) is 16.3. The van der Waals surface area contributed by atoms with Crippen molar-refractivity contribution < 1.29 is 18.3 Å². The number of nitrogens with zero attached hydrogens (tertiary/aromatic N) is 4. The Morgan fingerprint density at radius 2 is 2.00 bits per heavy atom. The van der Waals surface area contributed by atoms with E-state index in [2.05, 4.69) is 25.5 Å². The monoisotopic (exact) mass is 411 g/mol. The molecule has 1 fully saturated rings. The smallest absolute Gasteiger partial charge is 0.267 e. The molecule has 30 heavy (non-hydrogen) atoms. The van der Waals surface area contributed by atoms with Crippen LogP contribution >= 0.6 is 0 Å². The Balaban J connectivity index is 1.20. The van der Waals surface area contributed by atoms with Crippen LogP contribution in [0.1, 0.15) is 37.5 Å². The Bertz CT molecular complexity index is 974. The van der Waals surface area contributed by atoms with Gasteiger partial charge in [-0.15, -0.1) is 10.2 Å². The van der Waals surface area contributed by atoms with Gasteiger partial charge in [-0.3, -0.25) is 9.78 Å². The van der Waals surface area contributed by atoms with Gasteiger partial charge in [0.25, 0.3) is 11.8 Å². The molecule has 0 bridgehead atoms. The Morgan fingerprint density at radius 3 is 2.77 bits per heavy atom. The summed E-state index contributed by atoms with van der Waals surface area (Å²) in [4.78, 5) is 20.2.